The van der Waals surface area contributed by atoms with E-state index in [0.717, 1.165) is 0 Å². The largest absolute Gasteiger partial charge is 0.434 e. The quantitative estimate of drug-likeness (QED) is 0.148. The number of amides is 5. The molecular formula is C36H40N6O8S. The van der Waals surface area contributed by atoms with Gasteiger partial charge in [-0.3, -0.25) is 24.1 Å². The molecule has 0 spiro atoms. The van der Waals surface area contributed by atoms with E-state index < -0.39 is 63.6 Å². The normalized spacial score (nSPS) is 16.2. The van der Waals surface area contributed by atoms with Crippen molar-refractivity contribution in [2.45, 2.75) is 63.6 Å². The molecule has 4 N–H and O–H groups in total. The number of aromatic nitrogens is 1. The Balaban J connectivity index is 1.38. The second-order valence-electron chi connectivity index (χ2n) is 13.0. The number of sulfonamides is 1. The number of anilines is 1. The van der Waals surface area contributed by atoms with Crippen molar-refractivity contribution in [2.75, 3.05) is 11.9 Å². The minimum Gasteiger partial charge on any atom is -0.434 e. The van der Waals surface area contributed by atoms with Crippen molar-refractivity contribution in [3.63, 3.8) is 0 Å². The number of hydrogen-bond acceptors (Lipinski definition) is 11. The third-order valence-corrected chi connectivity index (χ3v) is 10.0. The number of hydrogen-bond donors (Lipinski definition) is 3. The lowest BCUT2D eigenvalue weighted by atomic mass is 9.96. The Bertz CT molecular complexity index is 2010. The molecule has 5 rings (SSSR count). The molecular weight excluding hydrogens is 676 g/mol. The first-order valence-corrected chi connectivity index (χ1v) is 18.0. The van der Waals surface area contributed by atoms with Gasteiger partial charge >= 0.3 is 6.03 Å². The second kappa shape index (κ2) is 15.3. The van der Waals surface area contributed by atoms with Gasteiger partial charge in [-0.15, -0.1) is 0 Å². The highest BCUT2D eigenvalue weighted by Crippen LogP contribution is 2.29. The van der Waals surface area contributed by atoms with Gasteiger partial charge in [-0.1, -0.05) is 58.0 Å². The summed E-state index contributed by atoms with van der Waals surface area (Å²) in [6.45, 7) is 7.39. The number of likely N-dealkylation sites (tertiary alicyclic amines) is 1. The zero-order valence-electron chi connectivity index (χ0n) is 28.6. The molecule has 0 bridgehead atoms. The predicted octanol–water partition coefficient (Wildman–Crippen LogP) is 4.19. The number of ketones is 1. The lowest BCUT2D eigenvalue weighted by Crippen LogP contribution is -2.58. The van der Waals surface area contributed by atoms with Crippen LogP contribution in [0.5, 0.6) is 0 Å². The van der Waals surface area contributed by atoms with Crippen molar-refractivity contribution in [3.05, 3.63) is 90.3 Å². The van der Waals surface area contributed by atoms with Gasteiger partial charge < -0.3 is 15.5 Å². The van der Waals surface area contributed by atoms with Crippen LogP contribution in [0.3, 0.4) is 0 Å². The fourth-order valence-corrected chi connectivity index (χ4v) is 6.91. The second-order valence-corrected chi connectivity index (χ2v) is 14.7. The number of imide groups is 3. The smallest absolute Gasteiger partial charge is 0.333 e. The third kappa shape index (κ3) is 8.06. The number of carbonyl (C=O) groups is 5. The Morgan fingerprint density at radius 3 is 2.18 bits per heavy atom. The average Bonchev–Trinajstić information content (AvgIpc) is 3.76. The van der Waals surface area contributed by atoms with Crippen molar-refractivity contribution in [1.82, 2.24) is 19.5 Å². The van der Waals surface area contributed by atoms with Crippen LogP contribution in [0.2, 0.25) is 0 Å². The molecule has 4 aromatic rings. The van der Waals surface area contributed by atoms with Gasteiger partial charge in [0, 0.05) is 11.3 Å². The number of carbonyl (C=O) groups excluding carboxylic acids is 5. The minimum atomic E-state index is -4.14. The molecule has 2 heterocycles. The molecule has 0 radical (unpaired) electrons. The van der Waals surface area contributed by atoms with Crippen molar-refractivity contribution < 1.29 is 36.8 Å². The number of nitrogens with two attached hydrogens (primary N) is 1. The molecule has 3 atom stereocenters. The van der Waals surface area contributed by atoms with Gasteiger partial charge in [-0.05, 0) is 79.8 Å². The molecule has 3 aromatic carbocycles. The molecule has 1 fully saturated rings. The Morgan fingerprint density at radius 2 is 1.55 bits per heavy atom. The zero-order valence-corrected chi connectivity index (χ0v) is 29.4. The van der Waals surface area contributed by atoms with Crippen LogP contribution >= 0.6 is 0 Å². The molecule has 0 unspecified atom stereocenters. The van der Waals surface area contributed by atoms with Crippen molar-refractivity contribution in [3.8, 4) is 0 Å². The summed E-state index contributed by atoms with van der Waals surface area (Å²) in [6.07, 6.45) is 0.802. The van der Waals surface area contributed by atoms with Crippen LogP contribution in [0.4, 0.5) is 10.5 Å². The maximum atomic E-state index is 14.3. The number of urea groups is 1. The van der Waals surface area contributed by atoms with Gasteiger partial charge in [0.25, 0.3) is 33.6 Å². The van der Waals surface area contributed by atoms with E-state index in [0.29, 0.717) is 29.0 Å². The molecule has 51 heavy (non-hydrogen) atoms. The molecule has 1 aliphatic heterocycles. The molecule has 1 aromatic heterocycles. The lowest BCUT2D eigenvalue weighted by molar-refractivity contribution is -0.145. The van der Waals surface area contributed by atoms with Gasteiger partial charge in [-0.25, -0.2) is 27.8 Å². The van der Waals surface area contributed by atoms with Crippen LogP contribution in [0.25, 0.3) is 11.1 Å². The maximum absolute atomic E-state index is 14.3. The zero-order chi connectivity index (χ0) is 37.0. The fourth-order valence-electron chi connectivity index (χ4n) is 5.98. The van der Waals surface area contributed by atoms with E-state index in [2.05, 4.69) is 10.3 Å². The number of benzene rings is 3. The number of Topliss-reactive ketones (excluding diaryl/α,β-unsaturated/α-hetero) is 1. The highest BCUT2D eigenvalue weighted by atomic mass is 32.2. The Labute approximate surface area is 295 Å². The van der Waals surface area contributed by atoms with Crippen molar-refractivity contribution in [2.24, 2.45) is 17.6 Å². The van der Waals surface area contributed by atoms with Crippen LogP contribution in [0, 0.1) is 11.8 Å². The van der Waals surface area contributed by atoms with Crippen LogP contribution in [0.15, 0.2) is 88.2 Å². The maximum Gasteiger partial charge on any atom is 0.333 e. The van der Waals surface area contributed by atoms with Gasteiger partial charge in [0.05, 0.1) is 23.0 Å². The Morgan fingerprint density at radius 1 is 0.902 bits per heavy atom. The fraction of sp³-hybridized carbons (Fsp3) is 0.333. The van der Waals surface area contributed by atoms with E-state index in [4.69, 9.17) is 10.2 Å². The van der Waals surface area contributed by atoms with Crippen LogP contribution in [0.1, 0.15) is 61.6 Å². The first-order valence-electron chi connectivity index (χ1n) is 16.5. The molecule has 15 heteroatoms. The SMILES string of the molecule is CC(C)[C@H](N)C(=O)N(C(=O)c1ccc(NC(=O)NS(=O)(=O)c2ccccc2)cc1)C(=O)[C@@H]1CCCN1[C@H](C(=O)c1nc2ccccc2o1)C(C)C. The van der Waals surface area contributed by atoms with E-state index >= 15 is 0 Å². The number of oxazole rings is 1. The number of rotatable bonds is 11. The summed E-state index contributed by atoms with van der Waals surface area (Å²) < 4.78 is 32.7. The highest BCUT2D eigenvalue weighted by molar-refractivity contribution is 7.90. The summed E-state index contributed by atoms with van der Waals surface area (Å²) in [5, 5.41) is 2.39. The standard InChI is InChI=1S/C36H40N6O8S/c1-21(2)29(37)35(46)42(33(44)23-16-18-24(19-17-23)38-36(47)40-51(48,49)25-11-6-5-7-12-25)34(45)27-14-10-20-41(27)30(22(3)4)31(43)32-39-26-13-8-9-15-28(26)50-32/h5-9,11-13,15-19,21-22,27,29-30H,10,14,20,37H2,1-4H3,(H2,38,40,47)/t27-,29-,30-/m0/s1. The number of para-hydroxylation sites is 2. The van der Waals surface area contributed by atoms with E-state index in [-0.39, 0.29) is 34.4 Å². The van der Waals surface area contributed by atoms with Gasteiger partial charge in [0.2, 0.25) is 5.78 Å². The molecule has 5 amide bonds. The van der Waals surface area contributed by atoms with E-state index in [9.17, 15) is 32.4 Å². The Hall–Kier alpha value is -5.25. The van der Waals surface area contributed by atoms with E-state index in [1.165, 1.54) is 48.5 Å². The van der Waals surface area contributed by atoms with Crippen molar-refractivity contribution in [1.29, 1.82) is 0 Å². The topological polar surface area (TPSA) is 202 Å². The van der Waals surface area contributed by atoms with E-state index in [1.54, 1.807) is 49.1 Å². The summed E-state index contributed by atoms with van der Waals surface area (Å²) in [4.78, 5) is 75.0. The van der Waals surface area contributed by atoms with E-state index in [1.807, 2.05) is 18.6 Å². The molecule has 1 aliphatic rings. The number of nitrogens with one attached hydrogen (secondary N) is 2. The average molecular weight is 717 g/mol. The molecule has 0 aliphatic carbocycles. The third-order valence-electron chi connectivity index (χ3n) is 8.66. The molecule has 1 saturated heterocycles. The first-order chi connectivity index (χ1) is 24.2. The Kier molecular flexibility index (Phi) is 11.1. The summed E-state index contributed by atoms with van der Waals surface area (Å²) in [5.41, 5.74) is 7.23. The molecule has 268 valence electrons. The van der Waals surface area contributed by atoms with Crippen LogP contribution < -0.4 is 15.8 Å². The number of fused-ring (bicyclic) bond motifs is 1. The highest BCUT2D eigenvalue weighted by Gasteiger charge is 2.46. The summed E-state index contributed by atoms with van der Waals surface area (Å²) in [7, 11) is -4.14. The molecule has 14 nitrogen and oxygen atoms in total. The summed E-state index contributed by atoms with van der Waals surface area (Å²) >= 11 is 0. The van der Waals surface area contributed by atoms with Gasteiger partial charge in [0.15, 0.2) is 5.58 Å². The van der Waals surface area contributed by atoms with Gasteiger partial charge in [-0.2, -0.15) is 0 Å². The monoisotopic (exact) mass is 716 g/mol. The number of nitrogens with zero attached hydrogens (tertiary/aromatic N) is 3. The minimum absolute atomic E-state index is 0.0666. The van der Waals surface area contributed by atoms with Crippen LogP contribution in [-0.2, 0) is 19.6 Å². The van der Waals surface area contributed by atoms with Crippen LogP contribution in [-0.4, -0.2) is 77.4 Å². The molecule has 0 saturated carbocycles. The van der Waals surface area contributed by atoms with Gasteiger partial charge in [0.1, 0.15) is 5.52 Å². The first kappa shape index (κ1) is 37.0. The summed E-state index contributed by atoms with van der Waals surface area (Å²) in [6, 6.07) is 15.5. The predicted molar refractivity (Wildman–Crippen MR) is 188 cm³/mol. The lowest BCUT2D eigenvalue weighted by Gasteiger charge is -2.35. The van der Waals surface area contributed by atoms with Crippen molar-refractivity contribution >= 4 is 56.3 Å². The summed E-state index contributed by atoms with van der Waals surface area (Å²) in [5.74, 6) is -3.89.